The van der Waals surface area contributed by atoms with E-state index < -0.39 is 12.2 Å². The van der Waals surface area contributed by atoms with Crippen LogP contribution in [-0.2, 0) is 25.7 Å². The number of hydrogen-bond donors (Lipinski definition) is 2. The summed E-state index contributed by atoms with van der Waals surface area (Å²) >= 11 is 0. The number of para-hydroxylation sites is 4. The van der Waals surface area contributed by atoms with Crippen LogP contribution in [0.15, 0.2) is 72.8 Å². The van der Waals surface area contributed by atoms with Crippen molar-refractivity contribution in [2.45, 2.75) is 64.6 Å². The number of hydrogen-bond acceptors (Lipinski definition) is 6. The molecule has 0 saturated carbocycles. The summed E-state index contributed by atoms with van der Waals surface area (Å²) in [5, 5.41) is 42.3. The molecule has 0 aliphatic heterocycles. The van der Waals surface area contributed by atoms with Crippen molar-refractivity contribution in [1.29, 1.82) is 10.5 Å². The summed E-state index contributed by atoms with van der Waals surface area (Å²) in [7, 11) is 0. The summed E-state index contributed by atoms with van der Waals surface area (Å²) in [6.45, 7) is 3.82. The molecular weight excluding hydrogens is 524 g/mol. The highest BCUT2D eigenvalue weighted by Gasteiger charge is 2.22. The van der Waals surface area contributed by atoms with E-state index in [9.17, 15) is 20.7 Å². The van der Waals surface area contributed by atoms with Crippen LogP contribution in [0.5, 0.6) is 23.0 Å². The van der Waals surface area contributed by atoms with Gasteiger partial charge in [0, 0.05) is 25.7 Å². The van der Waals surface area contributed by atoms with Crippen molar-refractivity contribution in [3.8, 4) is 35.1 Å². The minimum Gasteiger partial charge on any atom is -0.507 e. The number of nitriles is 2. The van der Waals surface area contributed by atoms with E-state index in [0.717, 1.165) is 44.5 Å². The van der Waals surface area contributed by atoms with Gasteiger partial charge in [-0.1, -0.05) is 86.6 Å². The average molecular weight is 559 g/mol. The van der Waals surface area contributed by atoms with Crippen LogP contribution in [0, 0.1) is 22.7 Å². The van der Waals surface area contributed by atoms with E-state index in [2.05, 4.69) is 12.1 Å². The third-order valence-electron chi connectivity index (χ3n) is 7.84. The van der Waals surface area contributed by atoms with Crippen LogP contribution < -0.4 is 9.47 Å². The average Bonchev–Trinajstić information content (AvgIpc) is 3.00. The lowest BCUT2D eigenvalue weighted by Gasteiger charge is -2.22. The smallest absolute Gasteiger partial charge is 0.184 e. The quantitative estimate of drug-likeness (QED) is 0.229. The van der Waals surface area contributed by atoms with E-state index in [1.807, 2.05) is 86.6 Å². The van der Waals surface area contributed by atoms with Gasteiger partial charge < -0.3 is 19.7 Å². The maximum absolute atomic E-state index is 11.5. The molecule has 0 aromatic heterocycles. The van der Waals surface area contributed by atoms with Crippen LogP contribution in [0.25, 0.3) is 0 Å². The monoisotopic (exact) mass is 558 g/mol. The number of phenolic OH excluding ortho intramolecular Hbond substituents is 2. The second kappa shape index (κ2) is 12.7. The number of rotatable bonds is 6. The molecule has 6 heteroatoms. The van der Waals surface area contributed by atoms with Gasteiger partial charge in [0.2, 0.25) is 0 Å². The second-order valence-electron chi connectivity index (χ2n) is 10.7. The Bertz CT molecular complexity index is 1470. The van der Waals surface area contributed by atoms with Gasteiger partial charge in [0.1, 0.15) is 35.1 Å². The van der Waals surface area contributed by atoms with Crippen molar-refractivity contribution in [3.63, 3.8) is 0 Å². The van der Waals surface area contributed by atoms with Crippen LogP contribution >= 0.6 is 0 Å². The third kappa shape index (κ3) is 5.90. The molecule has 0 amide bonds. The molecule has 6 nitrogen and oxygen atoms in total. The Kier molecular flexibility index (Phi) is 8.65. The summed E-state index contributed by atoms with van der Waals surface area (Å²) in [5.74, 6) is 1.60. The molecule has 1 aliphatic rings. The Hall–Kier alpha value is -4.94. The summed E-state index contributed by atoms with van der Waals surface area (Å²) in [5.41, 5.74) is 6.34. The van der Waals surface area contributed by atoms with Crippen LogP contribution in [0.2, 0.25) is 0 Å². The normalized spacial score (nSPS) is 13.7. The van der Waals surface area contributed by atoms with Gasteiger partial charge in [-0.3, -0.25) is 0 Å². The second-order valence-corrected chi connectivity index (χ2v) is 10.7. The van der Waals surface area contributed by atoms with E-state index in [1.165, 1.54) is 0 Å². The SMILES string of the molecule is CCC(C#N)Oc1c2cccc1Cc1cccc(c1O)Cc1cccc(c1OC(C#N)CC)Cc1cccc(c1O)C2. The molecule has 212 valence electrons. The maximum atomic E-state index is 11.5. The lowest BCUT2D eigenvalue weighted by atomic mass is 9.91. The first kappa shape index (κ1) is 28.6. The van der Waals surface area contributed by atoms with Gasteiger partial charge in [0.05, 0.1) is 0 Å². The summed E-state index contributed by atoms with van der Waals surface area (Å²) in [4.78, 5) is 0. The fourth-order valence-corrected chi connectivity index (χ4v) is 5.50. The zero-order valence-corrected chi connectivity index (χ0v) is 23.9. The van der Waals surface area contributed by atoms with E-state index in [0.29, 0.717) is 50.0 Å². The lowest BCUT2D eigenvalue weighted by molar-refractivity contribution is 0.247. The van der Waals surface area contributed by atoms with Crippen LogP contribution in [0.1, 0.15) is 71.2 Å². The zero-order chi connectivity index (χ0) is 29.6. The van der Waals surface area contributed by atoms with E-state index in [-0.39, 0.29) is 11.5 Å². The van der Waals surface area contributed by atoms with Crippen LogP contribution in [0.4, 0.5) is 0 Å². The number of nitrogens with zero attached hydrogens (tertiary/aromatic N) is 2. The Morgan fingerprint density at radius 2 is 0.810 bits per heavy atom. The highest BCUT2D eigenvalue weighted by molar-refractivity contribution is 5.55. The zero-order valence-electron chi connectivity index (χ0n) is 23.9. The maximum Gasteiger partial charge on any atom is 0.184 e. The topological polar surface area (TPSA) is 107 Å². The molecule has 2 unspecified atom stereocenters. The molecule has 4 aromatic carbocycles. The van der Waals surface area contributed by atoms with Gasteiger partial charge >= 0.3 is 0 Å². The van der Waals surface area contributed by atoms with Crippen molar-refractivity contribution < 1.29 is 19.7 Å². The van der Waals surface area contributed by atoms with Gasteiger partial charge in [-0.05, 0) is 57.3 Å². The molecule has 42 heavy (non-hydrogen) atoms. The molecule has 0 heterocycles. The molecule has 0 fully saturated rings. The number of aromatic hydroxyl groups is 2. The Labute approximate surface area is 247 Å². The Morgan fingerprint density at radius 3 is 1.05 bits per heavy atom. The first-order chi connectivity index (χ1) is 20.4. The van der Waals surface area contributed by atoms with Crippen molar-refractivity contribution in [2.75, 3.05) is 0 Å². The van der Waals surface area contributed by atoms with Crippen LogP contribution in [-0.4, -0.2) is 22.4 Å². The van der Waals surface area contributed by atoms with Gasteiger partial charge in [0.25, 0.3) is 0 Å². The molecular formula is C36H34N2O4. The molecule has 4 aromatic rings. The van der Waals surface area contributed by atoms with Crippen LogP contribution in [0.3, 0.4) is 0 Å². The number of phenols is 2. The van der Waals surface area contributed by atoms with Gasteiger partial charge in [-0.25, -0.2) is 0 Å². The van der Waals surface area contributed by atoms with Crippen molar-refractivity contribution in [1.82, 2.24) is 0 Å². The van der Waals surface area contributed by atoms with Gasteiger partial charge in [0.15, 0.2) is 12.2 Å². The summed E-state index contributed by atoms with van der Waals surface area (Å²) < 4.78 is 12.6. The molecule has 0 saturated heterocycles. The standard InChI is InChI=1S/C36H34N2O4/c1-3-31(21-37)41-35-27-13-7-14-28(35)18-24-10-6-12-26(34(24)40)20-30-16-8-15-29(36(30)42-32(4-2)22-38)19-25-11-5-9-23(17-27)33(25)39/h5-16,31-32,39-40H,3-4,17-20H2,1-2H3. The minimum atomic E-state index is -0.626. The molecule has 2 N–H and O–H groups in total. The fourth-order valence-electron chi connectivity index (χ4n) is 5.50. The number of fused-ring (bicyclic) bond motifs is 8. The molecule has 5 rings (SSSR count). The Morgan fingerprint density at radius 1 is 0.548 bits per heavy atom. The first-order valence-corrected chi connectivity index (χ1v) is 14.4. The molecule has 0 spiro atoms. The largest absolute Gasteiger partial charge is 0.507 e. The fraction of sp³-hybridized carbons (Fsp3) is 0.278. The summed E-state index contributed by atoms with van der Waals surface area (Å²) in [6.07, 6.45) is 1.38. The van der Waals surface area contributed by atoms with Gasteiger partial charge in [-0.2, -0.15) is 10.5 Å². The van der Waals surface area contributed by atoms with E-state index in [1.54, 1.807) is 0 Å². The predicted molar refractivity (Wildman–Crippen MR) is 161 cm³/mol. The molecule has 1 aliphatic carbocycles. The number of benzene rings is 4. The van der Waals surface area contributed by atoms with E-state index >= 15 is 0 Å². The lowest BCUT2D eigenvalue weighted by Crippen LogP contribution is -2.16. The van der Waals surface area contributed by atoms with Crippen molar-refractivity contribution in [3.05, 3.63) is 117 Å². The minimum absolute atomic E-state index is 0.194. The highest BCUT2D eigenvalue weighted by atomic mass is 16.5. The summed E-state index contributed by atoms with van der Waals surface area (Å²) in [6, 6.07) is 27.6. The van der Waals surface area contributed by atoms with Crippen molar-refractivity contribution >= 4 is 0 Å². The Balaban J connectivity index is 1.72. The van der Waals surface area contributed by atoms with E-state index in [4.69, 9.17) is 9.47 Å². The number of ether oxygens (including phenoxy) is 2. The molecule has 2 atom stereocenters. The van der Waals surface area contributed by atoms with Gasteiger partial charge in [-0.15, -0.1) is 0 Å². The third-order valence-corrected chi connectivity index (χ3v) is 7.84. The molecule has 8 bridgehead atoms. The molecule has 0 radical (unpaired) electrons. The predicted octanol–water partition coefficient (Wildman–Crippen LogP) is 7.14. The highest BCUT2D eigenvalue weighted by Crippen LogP contribution is 2.38. The van der Waals surface area contributed by atoms with Crippen molar-refractivity contribution in [2.24, 2.45) is 0 Å². The first-order valence-electron chi connectivity index (χ1n) is 14.4.